The first-order valence-electron chi connectivity index (χ1n) is 5.99. The maximum Gasteiger partial charge on any atom is 0.408 e. The molecule has 20 heavy (non-hydrogen) atoms. The Kier molecular flexibility index (Phi) is 5.21. The maximum atomic E-state index is 12.6. The van der Waals surface area contributed by atoms with E-state index in [0.717, 1.165) is 0 Å². The number of amides is 1. The van der Waals surface area contributed by atoms with Gasteiger partial charge < -0.3 is 14.6 Å². The summed E-state index contributed by atoms with van der Waals surface area (Å²) in [4.78, 5) is 11.7. The zero-order valence-electron chi connectivity index (χ0n) is 11.7. The minimum absolute atomic E-state index is 0.223. The number of ether oxygens (including phenoxy) is 1. The van der Waals surface area contributed by atoms with Crippen molar-refractivity contribution in [3.05, 3.63) is 10.6 Å². The summed E-state index contributed by atoms with van der Waals surface area (Å²) in [6, 6.07) is -0.984. The van der Waals surface area contributed by atoms with Crippen LogP contribution in [0, 0.1) is 4.77 Å². The molecular weight excluding hydrogens is 290 g/mol. The van der Waals surface area contributed by atoms with Crippen LogP contribution in [-0.4, -0.2) is 32.9 Å². The van der Waals surface area contributed by atoms with Gasteiger partial charge in [-0.1, -0.05) is 0 Å². The summed E-state index contributed by atoms with van der Waals surface area (Å²) in [7, 11) is 1.58. The third kappa shape index (κ3) is 4.87. The molecule has 0 saturated carbocycles. The van der Waals surface area contributed by atoms with Gasteiger partial charge in [0.1, 0.15) is 5.60 Å². The first-order chi connectivity index (χ1) is 9.10. The molecule has 1 aromatic heterocycles. The van der Waals surface area contributed by atoms with Crippen molar-refractivity contribution in [3.63, 3.8) is 0 Å². The van der Waals surface area contributed by atoms with Crippen molar-refractivity contribution in [2.45, 2.75) is 45.3 Å². The number of hydrogen-bond acceptors (Lipinski definition) is 4. The predicted octanol–water partition coefficient (Wildman–Crippen LogP) is 2.70. The van der Waals surface area contributed by atoms with Crippen molar-refractivity contribution in [1.82, 2.24) is 20.1 Å². The summed E-state index contributed by atoms with van der Waals surface area (Å²) in [6.07, 6.45) is -3.95. The van der Waals surface area contributed by atoms with Gasteiger partial charge in [-0.05, 0) is 33.0 Å². The SMILES string of the molecule is Cn1c(C(CC(F)F)NC(=O)OC(C)(C)C)n[nH]c1=S. The minimum atomic E-state index is -2.60. The average molecular weight is 308 g/mol. The minimum Gasteiger partial charge on any atom is -0.444 e. The van der Waals surface area contributed by atoms with Crippen LogP contribution in [0.4, 0.5) is 13.6 Å². The number of alkyl halides is 2. The zero-order chi connectivity index (χ0) is 15.5. The van der Waals surface area contributed by atoms with Crippen molar-refractivity contribution in [3.8, 4) is 0 Å². The highest BCUT2D eigenvalue weighted by molar-refractivity contribution is 7.71. The lowest BCUT2D eigenvalue weighted by molar-refractivity contribution is 0.0466. The van der Waals surface area contributed by atoms with E-state index >= 15 is 0 Å². The quantitative estimate of drug-likeness (QED) is 0.839. The molecule has 1 aromatic rings. The summed E-state index contributed by atoms with van der Waals surface area (Å²) in [5, 5.41) is 8.74. The second kappa shape index (κ2) is 6.29. The molecule has 0 aromatic carbocycles. The van der Waals surface area contributed by atoms with E-state index in [0.29, 0.717) is 0 Å². The molecule has 0 saturated heterocycles. The smallest absolute Gasteiger partial charge is 0.408 e. The Hall–Kier alpha value is -1.51. The van der Waals surface area contributed by atoms with Crippen molar-refractivity contribution < 1.29 is 18.3 Å². The van der Waals surface area contributed by atoms with Gasteiger partial charge in [-0.3, -0.25) is 5.10 Å². The van der Waals surface area contributed by atoms with Gasteiger partial charge in [0.2, 0.25) is 6.43 Å². The molecule has 1 unspecified atom stereocenters. The highest BCUT2D eigenvalue weighted by atomic mass is 32.1. The molecular formula is C11H18F2N4O2S. The Labute approximate surface area is 120 Å². The van der Waals surface area contributed by atoms with Crippen LogP contribution in [0.25, 0.3) is 0 Å². The lowest BCUT2D eigenvalue weighted by Crippen LogP contribution is -2.36. The molecule has 0 bridgehead atoms. The van der Waals surface area contributed by atoms with Crippen LogP contribution in [0.2, 0.25) is 0 Å². The number of carbonyl (C=O) groups is 1. The Morgan fingerprint density at radius 2 is 2.15 bits per heavy atom. The summed E-state index contributed by atoms with van der Waals surface area (Å²) < 4.78 is 32.0. The zero-order valence-corrected chi connectivity index (χ0v) is 12.6. The van der Waals surface area contributed by atoms with Crippen molar-refractivity contribution in [1.29, 1.82) is 0 Å². The van der Waals surface area contributed by atoms with E-state index in [2.05, 4.69) is 15.5 Å². The van der Waals surface area contributed by atoms with Crippen LogP contribution >= 0.6 is 12.2 Å². The van der Waals surface area contributed by atoms with Crippen molar-refractivity contribution >= 4 is 18.3 Å². The van der Waals surface area contributed by atoms with Gasteiger partial charge in [-0.25, -0.2) is 13.6 Å². The molecule has 0 aliphatic rings. The monoisotopic (exact) mass is 308 g/mol. The van der Waals surface area contributed by atoms with Crippen LogP contribution in [0.15, 0.2) is 0 Å². The van der Waals surface area contributed by atoms with Gasteiger partial charge in [0.05, 0.1) is 6.04 Å². The fourth-order valence-electron chi connectivity index (χ4n) is 1.53. The molecule has 2 N–H and O–H groups in total. The molecule has 0 fully saturated rings. The number of hydrogen-bond donors (Lipinski definition) is 2. The third-order valence-corrected chi connectivity index (χ3v) is 2.70. The number of rotatable bonds is 4. The number of H-pyrrole nitrogens is 1. The first kappa shape index (κ1) is 16.5. The summed E-state index contributed by atoms with van der Waals surface area (Å²) in [6.45, 7) is 5.06. The molecule has 0 radical (unpaired) electrons. The lowest BCUT2D eigenvalue weighted by Gasteiger charge is -2.23. The Balaban J connectivity index is 2.88. The second-order valence-electron chi connectivity index (χ2n) is 5.27. The van der Waals surface area contributed by atoms with E-state index in [-0.39, 0.29) is 10.6 Å². The largest absolute Gasteiger partial charge is 0.444 e. The summed E-state index contributed by atoms with van der Waals surface area (Å²) in [5.74, 6) is 0.223. The van der Waals surface area contributed by atoms with Crippen LogP contribution in [-0.2, 0) is 11.8 Å². The molecule has 1 heterocycles. The van der Waals surface area contributed by atoms with Crippen LogP contribution in [0.1, 0.15) is 39.1 Å². The number of nitrogens with zero attached hydrogens (tertiary/aromatic N) is 2. The standard InChI is InChI=1S/C11H18F2N4O2S/c1-11(2,3)19-10(18)14-6(5-7(12)13)8-15-16-9(20)17(8)4/h6-7H,5H2,1-4H3,(H,14,18)(H,16,20). The molecule has 1 rings (SSSR count). The Morgan fingerprint density at radius 3 is 2.55 bits per heavy atom. The van der Waals surface area contributed by atoms with Crippen molar-refractivity contribution in [2.24, 2.45) is 7.05 Å². The van der Waals surface area contributed by atoms with E-state index in [9.17, 15) is 13.6 Å². The van der Waals surface area contributed by atoms with Gasteiger partial charge in [0, 0.05) is 13.5 Å². The highest BCUT2D eigenvalue weighted by Gasteiger charge is 2.26. The highest BCUT2D eigenvalue weighted by Crippen LogP contribution is 2.19. The first-order valence-corrected chi connectivity index (χ1v) is 6.40. The fourth-order valence-corrected chi connectivity index (χ4v) is 1.67. The maximum absolute atomic E-state index is 12.6. The topological polar surface area (TPSA) is 71.9 Å². The Bertz CT molecular complexity index is 521. The third-order valence-electron chi connectivity index (χ3n) is 2.33. The van der Waals surface area contributed by atoms with Gasteiger partial charge in [0.25, 0.3) is 0 Å². The number of aromatic amines is 1. The van der Waals surface area contributed by atoms with E-state index < -0.39 is 30.6 Å². The molecule has 1 atom stereocenters. The molecule has 6 nitrogen and oxygen atoms in total. The molecule has 0 aliphatic heterocycles. The predicted molar refractivity (Wildman–Crippen MR) is 71.1 cm³/mol. The van der Waals surface area contributed by atoms with Crippen LogP contribution in [0.5, 0.6) is 0 Å². The average Bonchev–Trinajstić information content (AvgIpc) is 2.55. The molecule has 1 amide bonds. The van der Waals surface area contributed by atoms with Crippen LogP contribution < -0.4 is 5.32 Å². The van der Waals surface area contributed by atoms with Gasteiger partial charge in [-0.15, -0.1) is 0 Å². The summed E-state index contributed by atoms with van der Waals surface area (Å²) >= 11 is 4.92. The molecule has 114 valence electrons. The Morgan fingerprint density at radius 1 is 1.55 bits per heavy atom. The van der Waals surface area contributed by atoms with Crippen LogP contribution in [0.3, 0.4) is 0 Å². The molecule has 9 heteroatoms. The molecule has 0 spiro atoms. The van der Waals surface area contributed by atoms with E-state index in [1.807, 2.05) is 0 Å². The van der Waals surface area contributed by atoms with Gasteiger partial charge in [-0.2, -0.15) is 5.10 Å². The number of carbonyl (C=O) groups excluding carboxylic acids is 1. The number of aromatic nitrogens is 3. The fraction of sp³-hybridized carbons (Fsp3) is 0.727. The normalized spacial score (nSPS) is 13.3. The summed E-state index contributed by atoms with van der Waals surface area (Å²) in [5.41, 5.74) is -0.712. The van der Waals surface area contributed by atoms with Gasteiger partial charge in [0.15, 0.2) is 10.6 Å². The van der Waals surface area contributed by atoms with Gasteiger partial charge >= 0.3 is 6.09 Å². The van der Waals surface area contributed by atoms with Crippen molar-refractivity contribution in [2.75, 3.05) is 0 Å². The number of nitrogens with one attached hydrogen (secondary N) is 2. The van der Waals surface area contributed by atoms with E-state index in [1.165, 1.54) is 4.57 Å². The second-order valence-corrected chi connectivity index (χ2v) is 5.66. The number of halogens is 2. The lowest BCUT2D eigenvalue weighted by atomic mass is 10.2. The number of alkyl carbamates (subject to hydrolysis) is 1. The van der Waals surface area contributed by atoms with E-state index in [4.69, 9.17) is 17.0 Å². The molecule has 0 aliphatic carbocycles. The van der Waals surface area contributed by atoms with E-state index in [1.54, 1.807) is 27.8 Å².